The van der Waals surface area contributed by atoms with E-state index < -0.39 is 5.60 Å². The highest BCUT2D eigenvalue weighted by atomic mass is 32.1. The number of benzene rings is 1. The lowest BCUT2D eigenvalue weighted by Gasteiger charge is -2.39. The molecule has 0 aliphatic carbocycles. The summed E-state index contributed by atoms with van der Waals surface area (Å²) in [7, 11) is 0. The van der Waals surface area contributed by atoms with Gasteiger partial charge in [0.15, 0.2) is 0 Å². The Hall–Kier alpha value is -0.970. The van der Waals surface area contributed by atoms with E-state index in [1.807, 2.05) is 18.2 Å². The number of hydrogen-bond acceptors (Lipinski definition) is 4. The van der Waals surface area contributed by atoms with E-state index in [0.29, 0.717) is 12.3 Å². The molecule has 19 heavy (non-hydrogen) atoms. The van der Waals surface area contributed by atoms with Gasteiger partial charge in [0.1, 0.15) is 0 Å². The molecule has 0 radical (unpaired) electrons. The summed E-state index contributed by atoms with van der Waals surface area (Å²) in [6.45, 7) is 3.97. The third-order valence-corrected chi connectivity index (χ3v) is 5.21. The van der Waals surface area contributed by atoms with E-state index in [4.69, 9.17) is 0 Å². The Kier molecular flexibility index (Phi) is 3.56. The lowest BCUT2D eigenvalue weighted by atomic mass is 9.78. The molecule has 1 saturated heterocycles. The summed E-state index contributed by atoms with van der Waals surface area (Å²) in [5, 5.41) is 15.4. The molecule has 102 valence electrons. The summed E-state index contributed by atoms with van der Waals surface area (Å²) in [4.78, 5) is 4.66. The summed E-state index contributed by atoms with van der Waals surface area (Å²) in [5.74, 6) is 0.327. The lowest BCUT2D eigenvalue weighted by molar-refractivity contribution is -0.0414. The SMILES string of the molecule is CCC1CNCCC1(O)Cc1nc2ccccc2s1. The van der Waals surface area contributed by atoms with Crippen molar-refractivity contribution < 1.29 is 5.11 Å². The zero-order chi connectivity index (χ0) is 13.3. The first-order valence-corrected chi connectivity index (χ1v) is 7.80. The number of nitrogens with zero attached hydrogens (tertiary/aromatic N) is 1. The Morgan fingerprint density at radius 2 is 2.32 bits per heavy atom. The van der Waals surface area contributed by atoms with Crippen LogP contribution in [-0.2, 0) is 6.42 Å². The van der Waals surface area contributed by atoms with Gasteiger partial charge in [0.05, 0.1) is 20.8 Å². The Labute approximate surface area is 117 Å². The molecule has 1 aromatic heterocycles. The fourth-order valence-corrected chi connectivity index (χ4v) is 4.07. The van der Waals surface area contributed by atoms with Crippen molar-refractivity contribution in [2.24, 2.45) is 5.92 Å². The molecule has 1 aliphatic heterocycles. The molecule has 2 heterocycles. The zero-order valence-corrected chi connectivity index (χ0v) is 12.0. The minimum atomic E-state index is -0.589. The predicted molar refractivity (Wildman–Crippen MR) is 79.5 cm³/mol. The van der Waals surface area contributed by atoms with Crippen molar-refractivity contribution in [2.45, 2.75) is 31.8 Å². The van der Waals surface area contributed by atoms with Crippen LogP contribution in [-0.4, -0.2) is 28.8 Å². The van der Waals surface area contributed by atoms with Gasteiger partial charge < -0.3 is 10.4 Å². The predicted octanol–water partition coefficient (Wildman–Crippen LogP) is 2.59. The van der Waals surface area contributed by atoms with Crippen molar-refractivity contribution in [1.82, 2.24) is 10.3 Å². The second-order valence-electron chi connectivity index (χ2n) is 5.41. The second-order valence-corrected chi connectivity index (χ2v) is 6.53. The van der Waals surface area contributed by atoms with Crippen LogP contribution in [0.1, 0.15) is 24.8 Å². The lowest BCUT2D eigenvalue weighted by Crippen LogP contribution is -2.51. The van der Waals surface area contributed by atoms with Crippen molar-refractivity contribution >= 4 is 21.6 Å². The number of hydrogen-bond donors (Lipinski definition) is 2. The Morgan fingerprint density at radius 3 is 3.11 bits per heavy atom. The van der Waals surface area contributed by atoms with Gasteiger partial charge in [0.25, 0.3) is 0 Å². The normalized spacial score (nSPS) is 27.8. The quantitative estimate of drug-likeness (QED) is 0.905. The Bertz CT molecular complexity index is 535. The van der Waals surface area contributed by atoms with Crippen molar-refractivity contribution in [1.29, 1.82) is 0 Å². The van der Waals surface area contributed by atoms with E-state index in [0.717, 1.165) is 36.5 Å². The van der Waals surface area contributed by atoms with Gasteiger partial charge in [0.2, 0.25) is 0 Å². The minimum absolute atomic E-state index is 0.327. The average Bonchev–Trinajstić information content (AvgIpc) is 2.80. The number of rotatable bonds is 3. The van der Waals surface area contributed by atoms with Crippen LogP contribution >= 0.6 is 11.3 Å². The summed E-state index contributed by atoms with van der Waals surface area (Å²) in [6.07, 6.45) is 2.52. The molecule has 2 N–H and O–H groups in total. The number of fused-ring (bicyclic) bond motifs is 1. The van der Waals surface area contributed by atoms with Gasteiger partial charge in [-0.15, -0.1) is 11.3 Å². The van der Waals surface area contributed by atoms with Gasteiger partial charge in [-0.2, -0.15) is 0 Å². The molecule has 0 saturated carbocycles. The fourth-order valence-electron chi connectivity index (χ4n) is 2.99. The van der Waals surface area contributed by atoms with E-state index in [9.17, 15) is 5.11 Å². The highest BCUT2D eigenvalue weighted by Gasteiger charge is 2.38. The van der Waals surface area contributed by atoms with E-state index >= 15 is 0 Å². The number of piperidine rings is 1. The van der Waals surface area contributed by atoms with Crippen LogP contribution in [0, 0.1) is 5.92 Å². The monoisotopic (exact) mass is 276 g/mol. The molecule has 1 fully saturated rings. The fraction of sp³-hybridized carbons (Fsp3) is 0.533. The molecule has 2 aromatic rings. The molecule has 4 heteroatoms. The maximum atomic E-state index is 10.9. The first-order chi connectivity index (χ1) is 9.21. The van der Waals surface area contributed by atoms with Gasteiger partial charge in [-0.25, -0.2) is 4.98 Å². The van der Waals surface area contributed by atoms with Gasteiger partial charge in [-0.05, 0) is 31.5 Å². The molecule has 2 unspecified atom stereocenters. The molecule has 3 rings (SSSR count). The molecule has 2 atom stereocenters. The van der Waals surface area contributed by atoms with Crippen LogP contribution in [0.3, 0.4) is 0 Å². The zero-order valence-electron chi connectivity index (χ0n) is 11.2. The van der Waals surface area contributed by atoms with Gasteiger partial charge >= 0.3 is 0 Å². The molecule has 0 bridgehead atoms. The first-order valence-electron chi connectivity index (χ1n) is 6.99. The summed E-state index contributed by atoms with van der Waals surface area (Å²) in [6, 6.07) is 8.19. The van der Waals surface area contributed by atoms with Crippen molar-refractivity contribution in [3.05, 3.63) is 29.3 Å². The summed E-state index contributed by atoms with van der Waals surface area (Å²) < 4.78 is 1.21. The largest absolute Gasteiger partial charge is 0.389 e. The Morgan fingerprint density at radius 1 is 1.47 bits per heavy atom. The maximum Gasteiger partial charge on any atom is 0.0967 e. The third-order valence-electron chi connectivity index (χ3n) is 4.17. The minimum Gasteiger partial charge on any atom is -0.389 e. The van der Waals surface area contributed by atoms with Crippen LogP contribution in [0.25, 0.3) is 10.2 Å². The second kappa shape index (κ2) is 5.19. The number of para-hydroxylation sites is 1. The van der Waals surface area contributed by atoms with Gasteiger partial charge in [0, 0.05) is 18.9 Å². The molecule has 0 amide bonds. The number of aromatic nitrogens is 1. The highest BCUT2D eigenvalue weighted by Crippen LogP contribution is 2.33. The van der Waals surface area contributed by atoms with Crippen molar-refractivity contribution in [3.63, 3.8) is 0 Å². The smallest absolute Gasteiger partial charge is 0.0967 e. The molecule has 3 nitrogen and oxygen atoms in total. The first kappa shape index (κ1) is 13.0. The molecular weight excluding hydrogens is 256 g/mol. The van der Waals surface area contributed by atoms with Crippen LogP contribution in [0.5, 0.6) is 0 Å². The molecule has 1 aromatic carbocycles. The summed E-state index contributed by atoms with van der Waals surface area (Å²) in [5.41, 5.74) is 0.460. The van der Waals surface area contributed by atoms with Crippen LogP contribution in [0.4, 0.5) is 0 Å². The standard InChI is InChI=1S/C15H20N2OS/c1-2-11-10-16-8-7-15(11,18)9-14-17-12-5-3-4-6-13(12)19-14/h3-6,11,16,18H,2,7-10H2,1H3. The van der Waals surface area contributed by atoms with Crippen LogP contribution in [0.15, 0.2) is 24.3 Å². The van der Waals surface area contributed by atoms with Gasteiger partial charge in [-0.1, -0.05) is 19.1 Å². The van der Waals surface area contributed by atoms with Crippen LogP contribution < -0.4 is 5.32 Å². The maximum absolute atomic E-state index is 10.9. The number of nitrogens with one attached hydrogen (secondary N) is 1. The van der Waals surface area contributed by atoms with E-state index in [1.54, 1.807) is 11.3 Å². The number of aliphatic hydroxyl groups is 1. The van der Waals surface area contributed by atoms with E-state index in [2.05, 4.69) is 23.3 Å². The third kappa shape index (κ3) is 2.53. The van der Waals surface area contributed by atoms with Crippen molar-refractivity contribution in [2.75, 3.05) is 13.1 Å². The van der Waals surface area contributed by atoms with E-state index in [-0.39, 0.29) is 0 Å². The molecular formula is C15H20N2OS. The highest BCUT2D eigenvalue weighted by molar-refractivity contribution is 7.18. The van der Waals surface area contributed by atoms with Crippen molar-refractivity contribution in [3.8, 4) is 0 Å². The van der Waals surface area contributed by atoms with Gasteiger partial charge in [-0.3, -0.25) is 0 Å². The molecule has 0 spiro atoms. The van der Waals surface area contributed by atoms with E-state index in [1.165, 1.54) is 4.70 Å². The Balaban J connectivity index is 1.86. The molecule has 1 aliphatic rings. The average molecular weight is 276 g/mol. The topological polar surface area (TPSA) is 45.1 Å². The van der Waals surface area contributed by atoms with Crippen LogP contribution in [0.2, 0.25) is 0 Å². The number of thiazole rings is 1. The summed E-state index contributed by atoms with van der Waals surface area (Å²) >= 11 is 1.71.